The maximum Gasteiger partial charge on any atom is 0.410 e. The molecule has 71 heavy (non-hydrogen) atoms. The second-order valence-corrected chi connectivity index (χ2v) is 27.6. The highest BCUT2D eigenvalue weighted by Crippen LogP contribution is 2.44. The lowest BCUT2D eigenvalue weighted by molar-refractivity contribution is 0.0122. The van der Waals surface area contributed by atoms with Gasteiger partial charge < -0.3 is 28.7 Å². The molecular formula is C57H74F2N6O5Si. The van der Waals surface area contributed by atoms with Gasteiger partial charge in [0, 0.05) is 81.7 Å². The average molecular weight is 989 g/mol. The maximum absolute atomic E-state index is 18.1. The Bertz CT molecular complexity index is 2710. The summed E-state index contributed by atoms with van der Waals surface area (Å²) in [6.45, 7) is 28.1. The molecule has 0 saturated carbocycles. The molecule has 380 valence electrons. The molecule has 0 aliphatic carbocycles. The molecule has 5 aromatic rings. The van der Waals surface area contributed by atoms with E-state index in [4.69, 9.17) is 28.9 Å². The highest BCUT2D eigenvalue weighted by atomic mass is 28.3. The lowest BCUT2D eigenvalue weighted by atomic mass is 9.93. The third kappa shape index (κ3) is 11.3. The number of halogens is 2. The molecular weight excluding hydrogens is 915 g/mol. The molecule has 1 aromatic heterocycles. The van der Waals surface area contributed by atoms with Crippen LogP contribution in [-0.4, -0.2) is 123 Å². The van der Waals surface area contributed by atoms with Gasteiger partial charge in [-0.15, -0.1) is 5.54 Å². The predicted octanol–water partition coefficient (Wildman–Crippen LogP) is 11.7. The Balaban J connectivity index is 1.18. The molecule has 3 aliphatic heterocycles. The van der Waals surface area contributed by atoms with Crippen LogP contribution >= 0.6 is 0 Å². The van der Waals surface area contributed by atoms with Gasteiger partial charge in [-0.25, -0.2) is 13.6 Å². The first-order valence-corrected chi connectivity index (χ1v) is 27.9. The summed E-state index contributed by atoms with van der Waals surface area (Å²) >= 11 is 0. The average Bonchev–Trinajstić information content (AvgIpc) is 3.60. The summed E-state index contributed by atoms with van der Waals surface area (Å²) in [5.41, 5.74) is 6.33. The summed E-state index contributed by atoms with van der Waals surface area (Å²) in [7, 11) is -0.768. The standard InChI is InChI=1S/C57H74F2N6O5Si/c1-37(2)71(38(3)4,39(5)6)28-23-47-50(58)22-17-42-29-45(69-36-67-11)30-49(51(42)47)46-20-21-48-53(52(46)59)60-55(61-54(48)64-33-43-18-19-44(34-64)65(43)56(66)70-57(8,9)10)68-35-40(7)31-62-24-26-63(27-25-62)32-41-15-13-12-14-16-41/h12-17,20-22,29-30,37-40,43-44H,18-19,24-27,31-36H2,1-11H3/t40-,43?,44?/m1/s1. The number of hydrogen-bond acceptors (Lipinski definition) is 10. The van der Waals surface area contributed by atoms with E-state index in [0.717, 1.165) is 52.1 Å². The molecule has 4 aromatic carbocycles. The van der Waals surface area contributed by atoms with E-state index in [0.29, 0.717) is 69.6 Å². The van der Waals surface area contributed by atoms with E-state index in [-0.39, 0.29) is 53.5 Å². The minimum absolute atomic E-state index is 0.0341. The quantitative estimate of drug-likeness (QED) is 0.0573. The zero-order valence-electron chi connectivity index (χ0n) is 43.8. The first-order valence-electron chi connectivity index (χ1n) is 25.7. The zero-order chi connectivity index (χ0) is 50.8. The number of piperazine rings is 2. The zero-order valence-corrected chi connectivity index (χ0v) is 44.8. The van der Waals surface area contributed by atoms with Crippen LogP contribution in [0.25, 0.3) is 32.8 Å². The molecule has 3 atom stereocenters. The largest absolute Gasteiger partial charge is 0.468 e. The van der Waals surface area contributed by atoms with Crippen LogP contribution in [0.3, 0.4) is 0 Å². The van der Waals surface area contributed by atoms with E-state index in [2.05, 4.69) is 105 Å². The molecule has 11 nitrogen and oxygen atoms in total. The van der Waals surface area contributed by atoms with Crippen molar-refractivity contribution in [3.05, 3.63) is 89.5 Å². The molecule has 8 rings (SSSR count). The van der Waals surface area contributed by atoms with Gasteiger partial charge in [0.15, 0.2) is 12.6 Å². The summed E-state index contributed by atoms with van der Waals surface area (Å²) in [4.78, 5) is 32.4. The lowest BCUT2D eigenvalue weighted by Crippen LogP contribution is -2.57. The van der Waals surface area contributed by atoms with E-state index < -0.39 is 25.3 Å². The molecule has 3 aliphatic rings. The van der Waals surface area contributed by atoms with Crippen LogP contribution < -0.4 is 14.4 Å². The van der Waals surface area contributed by atoms with E-state index in [1.54, 1.807) is 18.2 Å². The summed E-state index contributed by atoms with van der Waals surface area (Å²) in [6.07, 6.45) is 1.31. The number of methoxy groups -OCH3 is 1. The van der Waals surface area contributed by atoms with Crippen molar-refractivity contribution in [2.75, 3.05) is 71.2 Å². The lowest BCUT2D eigenvalue weighted by Gasteiger charge is -2.42. The number of anilines is 1. The van der Waals surface area contributed by atoms with E-state index >= 15 is 8.78 Å². The number of rotatable bonds is 15. The van der Waals surface area contributed by atoms with Gasteiger partial charge in [-0.2, -0.15) is 9.97 Å². The van der Waals surface area contributed by atoms with Crippen LogP contribution in [0.15, 0.2) is 66.7 Å². The van der Waals surface area contributed by atoms with Gasteiger partial charge in [0.05, 0.1) is 24.3 Å². The predicted molar refractivity (Wildman–Crippen MR) is 283 cm³/mol. The van der Waals surface area contributed by atoms with Gasteiger partial charge in [-0.1, -0.05) is 96.9 Å². The SMILES string of the molecule is COCOc1cc(-c2ccc3c(N4CC5CCC(C4)N5C(=O)OC(C)(C)C)nc(OC[C@H](C)CN4CCN(Cc5ccccc5)CC4)nc3c2F)c2c(C#C[Si](C(C)C)(C(C)C)C(C)C)c(F)ccc2c1. The van der Waals surface area contributed by atoms with E-state index in [1.165, 1.54) is 18.7 Å². The molecule has 4 heterocycles. The number of carbonyl (C=O) groups excluding carboxylic acids is 1. The van der Waals surface area contributed by atoms with Crippen LogP contribution in [0, 0.1) is 29.0 Å². The monoisotopic (exact) mass is 989 g/mol. The summed E-state index contributed by atoms with van der Waals surface area (Å²) in [6, 6.07) is 20.7. The Morgan fingerprint density at radius 2 is 1.48 bits per heavy atom. The smallest absolute Gasteiger partial charge is 0.410 e. The third-order valence-electron chi connectivity index (χ3n) is 14.9. The summed E-state index contributed by atoms with van der Waals surface area (Å²) < 4.78 is 58.2. The van der Waals surface area contributed by atoms with Crippen molar-refractivity contribution in [3.63, 3.8) is 0 Å². The van der Waals surface area contributed by atoms with Crippen LogP contribution in [0.2, 0.25) is 16.6 Å². The number of aromatic nitrogens is 2. The van der Waals surface area contributed by atoms with Gasteiger partial charge in [-0.3, -0.25) is 9.80 Å². The fourth-order valence-electron chi connectivity index (χ4n) is 11.6. The molecule has 0 spiro atoms. The number of ether oxygens (including phenoxy) is 4. The number of hydrogen-bond donors (Lipinski definition) is 0. The molecule has 14 heteroatoms. The minimum Gasteiger partial charge on any atom is -0.468 e. The van der Waals surface area contributed by atoms with Crippen LogP contribution in [0.5, 0.6) is 11.8 Å². The molecule has 3 fully saturated rings. The maximum atomic E-state index is 18.1. The van der Waals surface area contributed by atoms with Gasteiger partial charge in [-0.05, 0) is 91.0 Å². The van der Waals surface area contributed by atoms with Crippen molar-refractivity contribution in [1.82, 2.24) is 24.7 Å². The highest BCUT2D eigenvalue weighted by Gasteiger charge is 2.45. The molecule has 2 unspecified atom stereocenters. The van der Waals surface area contributed by atoms with Gasteiger partial charge in [0.1, 0.15) is 36.6 Å². The molecule has 3 saturated heterocycles. The van der Waals surface area contributed by atoms with Gasteiger partial charge in [0.2, 0.25) is 0 Å². The Labute approximate surface area is 421 Å². The number of amides is 1. The van der Waals surface area contributed by atoms with Crippen molar-refractivity contribution in [2.45, 2.75) is 123 Å². The van der Waals surface area contributed by atoms with Crippen molar-refractivity contribution in [2.24, 2.45) is 5.92 Å². The minimum atomic E-state index is -2.31. The Hall–Kier alpha value is -5.33. The summed E-state index contributed by atoms with van der Waals surface area (Å²) in [5.74, 6) is 3.42. The number of benzene rings is 4. The Morgan fingerprint density at radius 3 is 2.11 bits per heavy atom. The molecule has 0 radical (unpaired) electrons. The molecule has 2 bridgehead atoms. The first-order chi connectivity index (χ1) is 33.9. The normalized spacial score (nSPS) is 18.4. The molecule has 1 amide bonds. The van der Waals surface area contributed by atoms with Crippen molar-refractivity contribution < 1.29 is 32.5 Å². The van der Waals surface area contributed by atoms with Crippen molar-refractivity contribution >= 4 is 41.7 Å². The topological polar surface area (TPSA) is 92.7 Å². The van der Waals surface area contributed by atoms with Gasteiger partial charge in [0.25, 0.3) is 0 Å². The van der Waals surface area contributed by atoms with Crippen LogP contribution in [0.1, 0.15) is 93.2 Å². The second-order valence-electron chi connectivity index (χ2n) is 22.0. The van der Waals surface area contributed by atoms with Crippen LogP contribution in [0.4, 0.5) is 19.4 Å². The third-order valence-corrected chi connectivity index (χ3v) is 21.2. The Kier molecular flexibility index (Phi) is 16.0. The number of fused-ring (bicyclic) bond motifs is 4. The second kappa shape index (κ2) is 21.8. The number of carbonyl (C=O) groups is 1. The molecule has 0 N–H and O–H groups in total. The highest BCUT2D eigenvalue weighted by molar-refractivity contribution is 6.90. The van der Waals surface area contributed by atoms with Crippen molar-refractivity contribution in [3.8, 4) is 34.4 Å². The Morgan fingerprint density at radius 1 is 0.817 bits per heavy atom. The summed E-state index contributed by atoms with van der Waals surface area (Å²) in [5, 5.41) is 1.66. The fraction of sp³-hybridized carbons (Fsp3) is 0.526. The van der Waals surface area contributed by atoms with Gasteiger partial charge >= 0.3 is 12.1 Å². The van der Waals surface area contributed by atoms with E-state index in [1.807, 2.05) is 37.8 Å². The van der Waals surface area contributed by atoms with E-state index in [9.17, 15) is 4.79 Å². The fourth-order valence-corrected chi connectivity index (χ4v) is 16.8. The first kappa shape index (κ1) is 52.0. The van der Waals surface area contributed by atoms with Crippen LogP contribution in [-0.2, 0) is 16.0 Å². The van der Waals surface area contributed by atoms with Crippen molar-refractivity contribution in [1.29, 1.82) is 0 Å². The number of nitrogens with zero attached hydrogens (tertiary/aromatic N) is 6.